The van der Waals surface area contributed by atoms with Crippen LogP contribution < -0.4 is 0 Å². The van der Waals surface area contributed by atoms with Gasteiger partial charge in [-0.25, -0.2) is 0 Å². The molecule has 0 amide bonds. The first-order valence-electron chi connectivity index (χ1n) is 6.33. The first-order valence-corrected chi connectivity index (χ1v) is 6.71. The maximum Gasteiger partial charge on any atom is 0.0693 e. The van der Waals surface area contributed by atoms with Crippen molar-refractivity contribution < 1.29 is 0 Å². The van der Waals surface area contributed by atoms with E-state index in [1.165, 1.54) is 18.4 Å². The molecule has 0 saturated heterocycles. The van der Waals surface area contributed by atoms with Crippen molar-refractivity contribution in [2.24, 2.45) is 11.3 Å². The van der Waals surface area contributed by atoms with Crippen LogP contribution in [-0.2, 0) is 6.42 Å². The summed E-state index contributed by atoms with van der Waals surface area (Å²) in [7, 11) is 0. The molecule has 1 nitrogen and oxygen atoms in total. The van der Waals surface area contributed by atoms with Gasteiger partial charge in [-0.05, 0) is 49.3 Å². The Kier molecular flexibility index (Phi) is 3.74. The molecule has 0 bridgehead atoms. The Morgan fingerprint density at radius 1 is 1.41 bits per heavy atom. The maximum absolute atomic E-state index is 9.47. The standard InChI is InChI=1S/C15H18ClN/c1-2-12-7-8-15(9-12,11-17)10-13-3-5-14(16)6-4-13/h3-6,12H,2,7-10H2,1H3. The van der Waals surface area contributed by atoms with Gasteiger partial charge in [0, 0.05) is 5.02 Å². The van der Waals surface area contributed by atoms with Crippen molar-refractivity contribution in [2.45, 2.75) is 39.0 Å². The fourth-order valence-electron chi connectivity index (χ4n) is 2.88. The Morgan fingerprint density at radius 2 is 2.12 bits per heavy atom. The molecule has 0 radical (unpaired) electrons. The van der Waals surface area contributed by atoms with Crippen LogP contribution in [0.25, 0.3) is 0 Å². The monoisotopic (exact) mass is 247 g/mol. The van der Waals surface area contributed by atoms with Gasteiger partial charge in [-0.15, -0.1) is 0 Å². The molecule has 1 aliphatic carbocycles. The van der Waals surface area contributed by atoms with Gasteiger partial charge < -0.3 is 0 Å². The van der Waals surface area contributed by atoms with Crippen LogP contribution in [0.2, 0.25) is 5.02 Å². The number of hydrogen-bond donors (Lipinski definition) is 0. The zero-order valence-corrected chi connectivity index (χ0v) is 11.0. The van der Waals surface area contributed by atoms with Crippen LogP contribution in [-0.4, -0.2) is 0 Å². The van der Waals surface area contributed by atoms with Crippen LogP contribution >= 0.6 is 11.6 Å². The normalized spacial score (nSPS) is 27.9. The molecule has 17 heavy (non-hydrogen) atoms. The Hall–Kier alpha value is -1.00. The van der Waals surface area contributed by atoms with Gasteiger partial charge in [-0.1, -0.05) is 37.1 Å². The van der Waals surface area contributed by atoms with Crippen LogP contribution in [0.4, 0.5) is 0 Å². The number of rotatable bonds is 3. The van der Waals surface area contributed by atoms with Gasteiger partial charge in [0.05, 0.1) is 11.5 Å². The molecule has 2 rings (SSSR count). The van der Waals surface area contributed by atoms with E-state index in [0.29, 0.717) is 0 Å². The van der Waals surface area contributed by atoms with Crippen LogP contribution in [0.1, 0.15) is 38.2 Å². The van der Waals surface area contributed by atoms with Gasteiger partial charge >= 0.3 is 0 Å². The van der Waals surface area contributed by atoms with Crippen LogP contribution in [0.5, 0.6) is 0 Å². The number of hydrogen-bond acceptors (Lipinski definition) is 1. The smallest absolute Gasteiger partial charge is 0.0693 e. The van der Waals surface area contributed by atoms with E-state index in [4.69, 9.17) is 11.6 Å². The number of halogens is 1. The zero-order valence-electron chi connectivity index (χ0n) is 10.2. The third-order valence-corrected chi connectivity index (χ3v) is 4.23. The van der Waals surface area contributed by atoms with E-state index in [0.717, 1.165) is 30.2 Å². The summed E-state index contributed by atoms with van der Waals surface area (Å²) in [6.07, 6.45) is 5.38. The average molecular weight is 248 g/mol. The third-order valence-electron chi connectivity index (χ3n) is 3.98. The highest BCUT2D eigenvalue weighted by Crippen LogP contribution is 2.44. The highest BCUT2D eigenvalue weighted by Gasteiger charge is 2.38. The molecule has 0 spiro atoms. The Labute approximate surface area is 108 Å². The van der Waals surface area contributed by atoms with Crippen molar-refractivity contribution in [3.05, 3.63) is 34.9 Å². The molecule has 1 saturated carbocycles. The molecule has 1 aromatic rings. The second-order valence-electron chi connectivity index (χ2n) is 5.21. The minimum absolute atomic E-state index is 0.130. The predicted molar refractivity (Wildman–Crippen MR) is 70.8 cm³/mol. The Morgan fingerprint density at radius 3 is 2.65 bits per heavy atom. The number of nitrogens with zero attached hydrogens (tertiary/aromatic N) is 1. The lowest BCUT2D eigenvalue weighted by Crippen LogP contribution is -2.17. The second-order valence-corrected chi connectivity index (χ2v) is 5.65. The Balaban J connectivity index is 2.11. The maximum atomic E-state index is 9.47. The molecule has 2 heteroatoms. The predicted octanol–water partition coefficient (Wildman–Crippen LogP) is 4.60. The first kappa shape index (κ1) is 12.5. The quantitative estimate of drug-likeness (QED) is 0.766. The van der Waals surface area contributed by atoms with Gasteiger partial charge in [0.1, 0.15) is 0 Å². The molecule has 2 unspecified atom stereocenters. The van der Waals surface area contributed by atoms with Gasteiger partial charge in [0.25, 0.3) is 0 Å². The summed E-state index contributed by atoms with van der Waals surface area (Å²) >= 11 is 5.88. The lowest BCUT2D eigenvalue weighted by Gasteiger charge is -2.21. The lowest BCUT2D eigenvalue weighted by atomic mass is 9.80. The van der Waals surface area contributed by atoms with Crippen LogP contribution in [0, 0.1) is 22.7 Å². The van der Waals surface area contributed by atoms with E-state index in [1.54, 1.807) is 0 Å². The van der Waals surface area contributed by atoms with E-state index >= 15 is 0 Å². The lowest BCUT2D eigenvalue weighted by molar-refractivity contribution is 0.381. The van der Waals surface area contributed by atoms with Crippen molar-refractivity contribution >= 4 is 11.6 Å². The topological polar surface area (TPSA) is 23.8 Å². The summed E-state index contributed by atoms with van der Waals surface area (Å²) in [6.45, 7) is 2.22. The van der Waals surface area contributed by atoms with Gasteiger partial charge in [-0.2, -0.15) is 5.26 Å². The largest absolute Gasteiger partial charge is 0.198 e. The number of nitriles is 1. The molecule has 0 N–H and O–H groups in total. The fraction of sp³-hybridized carbons (Fsp3) is 0.533. The summed E-state index contributed by atoms with van der Waals surface area (Å²) < 4.78 is 0. The highest BCUT2D eigenvalue weighted by molar-refractivity contribution is 6.30. The van der Waals surface area contributed by atoms with Gasteiger partial charge in [0.2, 0.25) is 0 Å². The third kappa shape index (κ3) is 2.82. The molecule has 0 aliphatic heterocycles. The van der Waals surface area contributed by atoms with Gasteiger partial charge in [0.15, 0.2) is 0 Å². The zero-order chi connectivity index (χ0) is 12.3. The molecule has 1 fully saturated rings. The molecule has 0 heterocycles. The van der Waals surface area contributed by atoms with Crippen molar-refractivity contribution in [3.8, 4) is 6.07 Å². The summed E-state index contributed by atoms with van der Waals surface area (Å²) in [5, 5.41) is 10.2. The van der Waals surface area contributed by atoms with E-state index in [9.17, 15) is 5.26 Å². The van der Waals surface area contributed by atoms with Gasteiger partial charge in [-0.3, -0.25) is 0 Å². The SMILES string of the molecule is CCC1CCC(C#N)(Cc2ccc(Cl)cc2)C1. The van der Waals surface area contributed by atoms with E-state index < -0.39 is 0 Å². The second kappa shape index (κ2) is 5.10. The highest BCUT2D eigenvalue weighted by atomic mass is 35.5. The van der Waals surface area contributed by atoms with Crippen molar-refractivity contribution in [1.29, 1.82) is 5.26 Å². The summed E-state index contributed by atoms with van der Waals surface area (Å²) in [6, 6.07) is 10.5. The minimum atomic E-state index is -0.130. The van der Waals surface area contributed by atoms with Crippen molar-refractivity contribution in [1.82, 2.24) is 0 Å². The number of benzene rings is 1. The van der Waals surface area contributed by atoms with Crippen LogP contribution in [0.3, 0.4) is 0 Å². The molecule has 2 atom stereocenters. The summed E-state index contributed by atoms with van der Waals surface area (Å²) in [4.78, 5) is 0. The molecule has 90 valence electrons. The average Bonchev–Trinajstić information content (AvgIpc) is 2.76. The van der Waals surface area contributed by atoms with E-state index in [2.05, 4.69) is 13.0 Å². The molecular weight excluding hydrogens is 230 g/mol. The van der Waals surface area contributed by atoms with E-state index in [1.807, 2.05) is 24.3 Å². The molecular formula is C15H18ClN. The van der Waals surface area contributed by atoms with Crippen LogP contribution in [0.15, 0.2) is 24.3 Å². The molecule has 1 aromatic carbocycles. The summed E-state index contributed by atoms with van der Waals surface area (Å²) in [5.41, 5.74) is 1.10. The Bertz CT molecular complexity index is 418. The first-order chi connectivity index (χ1) is 8.17. The van der Waals surface area contributed by atoms with Crippen molar-refractivity contribution in [2.75, 3.05) is 0 Å². The summed E-state index contributed by atoms with van der Waals surface area (Å²) in [5.74, 6) is 0.738. The fourth-order valence-corrected chi connectivity index (χ4v) is 3.01. The molecule has 1 aliphatic rings. The van der Waals surface area contributed by atoms with E-state index in [-0.39, 0.29) is 5.41 Å². The minimum Gasteiger partial charge on any atom is -0.198 e. The van der Waals surface area contributed by atoms with Crippen molar-refractivity contribution in [3.63, 3.8) is 0 Å². The molecule has 0 aromatic heterocycles.